The van der Waals surface area contributed by atoms with Crippen molar-refractivity contribution in [1.82, 2.24) is 0 Å². The molecule has 0 rings (SSSR count). The van der Waals surface area contributed by atoms with Crippen LogP contribution in [0.15, 0.2) is 0 Å². The highest BCUT2D eigenvalue weighted by atomic mass is 79.9. The first-order valence-corrected chi connectivity index (χ1v) is 2.62. The summed E-state index contributed by atoms with van der Waals surface area (Å²) >= 11 is 0. The van der Waals surface area contributed by atoms with Crippen LogP contribution in [0.4, 0.5) is 51.8 Å². The largest absolute Gasteiger partial charge is 0.673 e. The fourth-order valence-corrected chi connectivity index (χ4v) is 0. The molecule has 0 nitrogen and oxygen atoms in total. The highest BCUT2D eigenvalue weighted by Gasteiger charge is 2.21. The van der Waals surface area contributed by atoms with Crippen molar-refractivity contribution in [1.29, 1.82) is 0 Å². The van der Waals surface area contributed by atoms with Crippen molar-refractivity contribution in [2.75, 3.05) is 0 Å². The zero-order valence-corrected chi connectivity index (χ0v) is 8.39. The zero-order chi connectivity index (χ0) is 13.5. The molecule has 0 N–H and O–H groups in total. The predicted molar refractivity (Wildman–Crippen MR) is 40.9 cm³/mol. The molecule has 0 bridgehead atoms. The van der Waals surface area contributed by atoms with Crippen molar-refractivity contribution in [3.05, 3.63) is 0 Å². The van der Waals surface area contributed by atoms with E-state index in [2.05, 4.69) is 0 Å². The summed E-state index contributed by atoms with van der Waals surface area (Å²) in [5.74, 6) is 0. The van der Waals surface area contributed by atoms with Crippen LogP contribution in [0.5, 0.6) is 0 Å². The molecule has 0 aromatic heterocycles. The van der Waals surface area contributed by atoms with E-state index in [4.69, 9.17) is 0 Å². The van der Waals surface area contributed by atoms with E-state index in [1.54, 1.807) is 0 Å². The third-order valence-corrected chi connectivity index (χ3v) is 0. The summed E-state index contributed by atoms with van der Waals surface area (Å²) in [4.78, 5) is 0. The average molecular weight is 341 g/mol. The van der Waals surface area contributed by atoms with Crippen molar-refractivity contribution >= 4 is 38.7 Å². The van der Waals surface area contributed by atoms with E-state index in [1.807, 2.05) is 0 Å². The van der Waals surface area contributed by atoms with E-state index in [-0.39, 0.29) is 17.0 Å². The first-order chi connectivity index (χ1) is 6.00. The van der Waals surface area contributed by atoms with Crippen LogP contribution in [-0.2, 0) is 0 Å². The molecule has 0 aliphatic heterocycles. The van der Waals surface area contributed by atoms with E-state index in [9.17, 15) is 51.8 Å². The Labute approximate surface area is 91.5 Å². The van der Waals surface area contributed by atoms with Crippen LogP contribution in [0.3, 0.4) is 0 Å². The molecular weight excluding hydrogens is 340 g/mol. The van der Waals surface area contributed by atoms with Gasteiger partial charge in [-0.2, -0.15) is 0 Å². The lowest BCUT2D eigenvalue weighted by atomic mass is 10.3. The molecule has 0 radical (unpaired) electrons. The highest BCUT2D eigenvalue weighted by Crippen LogP contribution is 2.07. The van der Waals surface area contributed by atoms with E-state index in [0.29, 0.717) is 0 Å². The van der Waals surface area contributed by atoms with Crippen LogP contribution in [-0.4, -0.2) is 21.8 Å². The van der Waals surface area contributed by atoms with Gasteiger partial charge in [-0.15, -0.1) is 17.0 Å². The van der Waals surface area contributed by atoms with Gasteiger partial charge in [0.15, 0.2) is 0 Å². The van der Waals surface area contributed by atoms with Crippen molar-refractivity contribution in [3.63, 3.8) is 0 Å². The zero-order valence-electron chi connectivity index (χ0n) is 6.68. The van der Waals surface area contributed by atoms with Crippen LogP contribution < -0.4 is 0 Å². The molecule has 0 aromatic carbocycles. The molecule has 0 aliphatic rings. The predicted octanol–water partition coefficient (Wildman–Crippen LogP) is 4.48. The van der Waals surface area contributed by atoms with Crippen molar-refractivity contribution in [2.45, 2.75) is 0 Å². The molecule has 0 unspecified atom stereocenters. The Morgan fingerprint density at radius 1 is 0.312 bits per heavy atom. The summed E-state index contributed by atoms with van der Waals surface area (Å²) in [7, 11) is -18.0. The summed E-state index contributed by atoms with van der Waals surface area (Å²) in [6, 6.07) is 0. The van der Waals surface area contributed by atoms with Crippen molar-refractivity contribution < 1.29 is 51.8 Å². The van der Waals surface area contributed by atoms with Gasteiger partial charge in [-0.05, 0) is 0 Å². The van der Waals surface area contributed by atoms with Gasteiger partial charge in [0, 0.05) is 0 Å². The topological polar surface area (TPSA) is 0 Å². The molecule has 104 valence electrons. The molecule has 0 saturated heterocycles. The lowest BCUT2D eigenvalue weighted by Gasteiger charge is -1.94. The summed E-state index contributed by atoms with van der Waals surface area (Å²) in [6.07, 6.45) is 0. The second kappa shape index (κ2) is 8.93. The van der Waals surface area contributed by atoms with E-state index < -0.39 is 21.8 Å². The monoisotopic (exact) mass is 341 g/mol. The Morgan fingerprint density at radius 2 is 0.312 bits per heavy atom. The summed E-state index contributed by atoms with van der Waals surface area (Å²) < 4.78 is 117. The van der Waals surface area contributed by atoms with Gasteiger partial charge >= 0.3 is 21.8 Å². The Bertz CT molecular complexity index is 91.3. The van der Waals surface area contributed by atoms with Gasteiger partial charge in [-0.3, -0.25) is 0 Å². The molecular formula is HB3BrF12-3. The fraction of sp³-hybridized carbons (Fsp3) is 0. The van der Waals surface area contributed by atoms with Crippen LogP contribution >= 0.6 is 17.0 Å². The van der Waals surface area contributed by atoms with Crippen LogP contribution in [0, 0.1) is 0 Å². The van der Waals surface area contributed by atoms with Gasteiger partial charge in [-0.25, -0.2) is 0 Å². The van der Waals surface area contributed by atoms with Gasteiger partial charge in [0.05, 0.1) is 0 Å². The fourth-order valence-electron chi connectivity index (χ4n) is 0. The Morgan fingerprint density at radius 3 is 0.312 bits per heavy atom. The van der Waals surface area contributed by atoms with E-state index >= 15 is 0 Å². The summed E-state index contributed by atoms with van der Waals surface area (Å²) in [5.41, 5.74) is 0. The van der Waals surface area contributed by atoms with Crippen LogP contribution in [0.25, 0.3) is 0 Å². The number of hydrogen-bond donors (Lipinski definition) is 0. The minimum atomic E-state index is -6.00. The number of halogens is 13. The number of hydrogen-bond acceptors (Lipinski definition) is 0. The first kappa shape index (κ1) is 24.9. The molecule has 0 aliphatic carbocycles. The second-order valence-electron chi connectivity index (χ2n) is 1.48. The smallest absolute Gasteiger partial charge is 0.418 e. The minimum Gasteiger partial charge on any atom is -0.418 e. The van der Waals surface area contributed by atoms with Gasteiger partial charge in [0.1, 0.15) is 0 Å². The molecule has 0 fully saturated rings. The van der Waals surface area contributed by atoms with Gasteiger partial charge < -0.3 is 51.8 Å². The average Bonchev–Trinajstić information content (AvgIpc) is 1.41. The Balaban J connectivity index is -0.0000000655. The quantitative estimate of drug-likeness (QED) is 0.450. The first-order valence-electron chi connectivity index (χ1n) is 2.62. The third kappa shape index (κ3) is 83500. The molecule has 16 heavy (non-hydrogen) atoms. The molecule has 0 spiro atoms. The van der Waals surface area contributed by atoms with Crippen LogP contribution in [0.2, 0.25) is 0 Å². The lowest BCUT2D eigenvalue weighted by molar-refractivity contribution is 0.366. The van der Waals surface area contributed by atoms with E-state index in [1.165, 1.54) is 0 Å². The summed E-state index contributed by atoms with van der Waals surface area (Å²) in [5, 5.41) is 0. The maximum atomic E-state index is 9.75. The maximum absolute atomic E-state index is 9.75. The number of rotatable bonds is 0. The summed E-state index contributed by atoms with van der Waals surface area (Å²) in [6.45, 7) is 0. The minimum absolute atomic E-state index is 0. The van der Waals surface area contributed by atoms with E-state index in [0.717, 1.165) is 0 Å². The van der Waals surface area contributed by atoms with Gasteiger partial charge in [0.25, 0.3) is 0 Å². The van der Waals surface area contributed by atoms with Crippen LogP contribution in [0.1, 0.15) is 0 Å². The molecule has 0 heterocycles. The maximum Gasteiger partial charge on any atom is 0.673 e. The Kier molecular flexibility index (Phi) is 13.9. The van der Waals surface area contributed by atoms with Gasteiger partial charge in [0.2, 0.25) is 0 Å². The molecule has 0 saturated carbocycles. The normalized spacial score (nSPS) is 11.2. The molecule has 0 aromatic rings. The molecule has 16 heteroatoms. The van der Waals surface area contributed by atoms with Gasteiger partial charge in [-0.1, -0.05) is 0 Å². The third-order valence-electron chi connectivity index (χ3n) is 0. The lowest BCUT2D eigenvalue weighted by Crippen LogP contribution is -2.02. The second-order valence-corrected chi connectivity index (χ2v) is 1.48. The standard InChI is InChI=1S/3BF4.BrH/c3*2-1(3,4)5;/h;;;1H/q3*-1;. The SMILES string of the molecule is Br.F[B-](F)(F)F.F[B-](F)(F)F.F[B-](F)(F)F. The molecule has 0 amide bonds. The highest BCUT2D eigenvalue weighted by molar-refractivity contribution is 8.93. The van der Waals surface area contributed by atoms with Crippen molar-refractivity contribution in [2.24, 2.45) is 0 Å². The van der Waals surface area contributed by atoms with Crippen molar-refractivity contribution in [3.8, 4) is 0 Å². The Hall–Kier alpha value is -0.165. The molecule has 0 atom stereocenters.